The number of unbranched alkanes of at least 4 members (excludes halogenated alkanes) is 4. The van der Waals surface area contributed by atoms with Gasteiger partial charge in [-0.1, -0.05) is 39.0 Å². The van der Waals surface area contributed by atoms with E-state index in [1.165, 1.54) is 57.8 Å². The summed E-state index contributed by atoms with van der Waals surface area (Å²) in [7, 11) is 0. The van der Waals surface area contributed by atoms with Crippen LogP contribution in [0.3, 0.4) is 0 Å². The van der Waals surface area contributed by atoms with Crippen molar-refractivity contribution in [1.82, 2.24) is 0 Å². The van der Waals surface area contributed by atoms with Crippen molar-refractivity contribution in [2.24, 2.45) is 17.3 Å². The highest BCUT2D eigenvalue weighted by Crippen LogP contribution is 2.61. The van der Waals surface area contributed by atoms with E-state index in [9.17, 15) is 0 Å². The molecule has 0 aromatic carbocycles. The van der Waals surface area contributed by atoms with Crippen LogP contribution in [0.5, 0.6) is 0 Å². The molecule has 0 aliphatic heterocycles. The highest BCUT2D eigenvalue weighted by atomic mass is 35.5. The molecular formula is C14H25Cl. The van der Waals surface area contributed by atoms with Crippen LogP contribution in [0.1, 0.15) is 64.7 Å². The molecule has 0 heterocycles. The van der Waals surface area contributed by atoms with Gasteiger partial charge in [-0.25, -0.2) is 0 Å². The highest BCUT2D eigenvalue weighted by Gasteiger charge is 2.52. The van der Waals surface area contributed by atoms with Crippen molar-refractivity contribution in [3.8, 4) is 0 Å². The summed E-state index contributed by atoms with van der Waals surface area (Å²) in [6.07, 6.45) is 12.9. The van der Waals surface area contributed by atoms with Crippen molar-refractivity contribution < 1.29 is 0 Å². The second kappa shape index (κ2) is 5.08. The molecule has 0 nitrogen and oxygen atoms in total. The summed E-state index contributed by atoms with van der Waals surface area (Å²) in [6.45, 7) is 2.28. The van der Waals surface area contributed by atoms with Crippen molar-refractivity contribution in [2.45, 2.75) is 64.7 Å². The third kappa shape index (κ3) is 2.90. The summed E-state index contributed by atoms with van der Waals surface area (Å²) >= 11 is 6.19. The Balaban J connectivity index is 1.63. The maximum absolute atomic E-state index is 6.19. The predicted octanol–water partition coefficient (Wildman–Crippen LogP) is 5.00. The molecule has 2 atom stereocenters. The molecule has 0 spiro atoms. The second-order valence-electron chi connectivity index (χ2n) is 5.96. The minimum atomic E-state index is 0.571. The third-order valence-electron chi connectivity index (χ3n) is 4.55. The van der Waals surface area contributed by atoms with Gasteiger partial charge in [-0.15, -0.1) is 11.6 Å². The quantitative estimate of drug-likeness (QED) is 0.425. The highest BCUT2D eigenvalue weighted by molar-refractivity contribution is 6.18. The lowest BCUT2D eigenvalue weighted by Gasteiger charge is -2.28. The van der Waals surface area contributed by atoms with Crippen LogP contribution in [0, 0.1) is 17.3 Å². The van der Waals surface area contributed by atoms with E-state index in [-0.39, 0.29) is 0 Å². The van der Waals surface area contributed by atoms with Crippen molar-refractivity contribution in [3.05, 3.63) is 0 Å². The van der Waals surface area contributed by atoms with Gasteiger partial charge in [0.25, 0.3) is 0 Å². The summed E-state index contributed by atoms with van der Waals surface area (Å²) in [6, 6.07) is 0. The van der Waals surface area contributed by atoms with Crippen LogP contribution in [0.15, 0.2) is 0 Å². The van der Waals surface area contributed by atoms with Gasteiger partial charge in [0.2, 0.25) is 0 Å². The number of halogens is 1. The maximum Gasteiger partial charge on any atom is 0.0280 e. The Bertz CT molecular complexity index is 190. The summed E-state index contributed by atoms with van der Waals surface area (Å²) in [4.78, 5) is 0. The van der Waals surface area contributed by atoms with E-state index in [4.69, 9.17) is 11.6 Å². The summed E-state index contributed by atoms with van der Waals surface area (Å²) < 4.78 is 0. The van der Waals surface area contributed by atoms with Crippen LogP contribution < -0.4 is 0 Å². The molecule has 0 bridgehead atoms. The van der Waals surface area contributed by atoms with Crippen LogP contribution in [-0.4, -0.2) is 5.88 Å². The second-order valence-corrected chi connectivity index (χ2v) is 6.23. The molecule has 0 aromatic rings. The minimum absolute atomic E-state index is 0.571. The fraction of sp³-hybridized carbons (Fsp3) is 1.00. The van der Waals surface area contributed by atoms with E-state index in [1.54, 1.807) is 0 Å². The third-order valence-corrected chi connectivity index (χ3v) is 5.12. The minimum Gasteiger partial charge on any atom is -0.126 e. The topological polar surface area (TPSA) is 0 Å². The Hall–Kier alpha value is 0.290. The van der Waals surface area contributed by atoms with E-state index in [0.29, 0.717) is 5.41 Å². The Morgan fingerprint density at radius 2 is 1.73 bits per heavy atom. The molecule has 88 valence electrons. The number of alkyl halides is 1. The van der Waals surface area contributed by atoms with Gasteiger partial charge in [0.1, 0.15) is 0 Å². The molecule has 2 saturated carbocycles. The average Bonchev–Trinajstić information content (AvgIpc) is 2.87. The molecule has 2 fully saturated rings. The Morgan fingerprint density at radius 3 is 2.33 bits per heavy atom. The van der Waals surface area contributed by atoms with Gasteiger partial charge >= 0.3 is 0 Å². The van der Waals surface area contributed by atoms with E-state index in [0.717, 1.165) is 17.7 Å². The fourth-order valence-corrected chi connectivity index (χ4v) is 3.84. The lowest BCUT2D eigenvalue weighted by atomic mass is 9.80. The Morgan fingerprint density at radius 1 is 1.07 bits per heavy atom. The van der Waals surface area contributed by atoms with Crippen molar-refractivity contribution in [3.63, 3.8) is 0 Å². The van der Waals surface area contributed by atoms with E-state index < -0.39 is 0 Å². The monoisotopic (exact) mass is 228 g/mol. The van der Waals surface area contributed by atoms with Crippen LogP contribution in [0.2, 0.25) is 0 Å². The van der Waals surface area contributed by atoms with Gasteiger partial charge < -0.3 is 0 Å². The zero-order valence-corrected chi connectivity index (χ0v) is 10.9. The van der Waals surface area contributed by atoms with Crippen LogP contribution in [0.4, 0.5) is 0 Å². The van der Waals surface area contributed by atoms with Gasteiger partial charge in [-0.05, 0) is 42.9 Å². The number of hydrogen-bond acceptors (Lipinski definition) is 0. The molecule has 15 heavy (non-hydrogen) atoms. The smallest absolute Gasteiger partial charge is 0.0280 e. The summed E-state index contributed by atoms with van der Waals surface area (Å²) in [5.74, 6) is 3.09. The van der Waals surface area contributed by atoms with Crippen molar-refractivity contribution >= 4 is 11.6 Å². The molecule has 2 rings (SSSR count). The van der Waals surface area contributed by atoms with Crippen LogP contribution in [-0.2, 0) is 0 Å². The van der Waals surface area contributed by atoms with Gasteiger partial charge in [0.15, 0.2) is 0 Å². The Kier molecular flexibility index (Phi) is 3.98. The molecule has 2 aliphatic carbocycles. The molecule has 0 radical (unpaired) electrons. The molecule has 0 N–H and O–H groups in total. The zero-order valence-electron chi connectivity index (χ0n) is 10.1. The summed E-state index contributed by atoms with van der Waals surface area (Å²) in [5, 5.41) is 0. The van der Waals surface area contributed by atoms with E-state index in [1.807, 2.05) is 0 Å². The van der Waals surface area contributed by atoms with Crippen molar-refractivity contribution in [2.75, 3.05) is 5.88 Å². The van der Waals surface area contributed by atoms with Crippen LogP contribution >= 0.6 is 11.6 Å². The van der Waals surface area contributed by atoms with E-state index >= 15 is 0 Å². The van der Waals surface area contributed by atoms with Crippen molar-refractivity contribution in [1.29, 1.82) is 0 Å². The first kappa shape index (κ1) is 11.8. The normalized spacial score (nSPS) is 38.0. The van der Waals surface area contributed by atoms with Crippen LogP contribution in [0.25, 0.3) is 0 Å². The van der Waals surface area contributed by atoms with Gasteiger partial charge in [0, 0.05) is 5.88 Å². The molecule has 2 unspecified atom stereocenters. The Labute approximate surface area is 99.8 Å². The fourth-order valence-electron chi connectivity index (χ4n) is 3.49. The number of rotatable bonds is 7. The first-order valence-corrected chi connectivity index (χ1v) is 7.39. The molecule has 0 aromatic heterocycles. The standard InChI is InChI=1S/C14H25Cl/c1-2-3-4-5-6-7-14(11-15)9-12-8-13(12)10-14/h12-13H,2-11H2,1H3. The predicted molar refractivity (Wildman–Crippen MR) is 67.4 cm³/mol. The lowest BCUT2D eigenvalue weighted by molar-refractivity contribution is 0.269. The average molecular weight is 229 g/mol. The first-order chi connectivity index (χ1) is 7.29. The molecule has 0 amide bonds. The molecule has 1 heteroatoms. The molecular weight excluding hydrogens is 204 g/mol. The largest absolute Gasteiger partial charge is 0.126 e. The zero-order chi connectivity index (χ0) is 10.7. The van der Waals surface area contributed by atoms with E-state index in [2.05, 4.69) is 6.92 Å². The maximum atomic E-state index is 6.19. The summed E-state index contributed by atoms with van der Waals surface area (Å²) in [5.41, 5.74) is 0.571. The first-order valence-electron chi connectivity index (χ1n) is 6.85. The SMILES string of the molecule is CCCCCCCC1(CCl)CC2CC2C1. The van der Waals surface area contributed by atoms with Gasteiger partial charge in [0.05, 0.1) is 0 Å². The number of hydrogen-bond donors (Lipinski definition) is 0. The lowest BCUT2D eigenvalue weighted by Crippen LogP contribution is -2.20. The van der Waals surface area contributed by atoms with Gasteiger partial charge in [-0.3, -0.25) is 0 Å². The number of fused-ring (bicyclic) bond motifs is 1. The van der Waals surface area contributed by atoms with Gasteiger partial charge in [-0.2, -0.15) is 0 Å². The molecule has 0 saturated heterocycles. The molecule has 2 aliphatic rings.